The van der Waals surface area contributed by atoms with Gasteiger partial charge in [-0.25, -0.2) is 0 Å². The van der Waals surface area contributed by atoms with Crippen molar-refractivity contribution >= 4 is 5.91 Å². The number of aliphatic hydroxyl groups is 3. The predicted octanol–water partition coefficient (Wildman–Crippen LogP) is 17.6. The van der Waals surface area contributed by atoms with E-state index in [2.05, 4.69) is 55.6 Å². The lowest BCUT2D eigenvalue weighted by Crippen LogP contribution is -2.45. The lowest BCUT2D eigenvalue weighted by Gasteiger charge is -2.21. The normalized spacial score (nSPS) is 13.6. The van der Waals surface area contributed by atoms with Crippen LogP contribution in [0.1, 0.15) is 296 Å². The molecule has 3 atom stereocenters. The number of carbonyl (C=O) groups excluding carboxylic acids is 1. The maximum absolute atomic E-state index is 12.5. The second-order valence-corrected chi connectivity index (χ2v) is 19.5. The van der Waals surface area contributed by atoms with Crippen LogP contribution in [0.4, 0.5) is 0 Å². The summed E-state index contributed by atoms with van der Waals surface area (Å²) >= 11 is 0. The predicted molar refractivity (Wildman–Crippen MR) is 282 cm³/mol. The number of rotatable bonds is 52. The first kappa shape index (κ1) is 62.3. The molecule has 0 aliphatic rings. The molecule has 0 saturated heterocycles. The number of amides is 1. The van der Waals surface area contributed by atoms with Gasteiger partial charge in [0.15, 0.2) is 0 Å². The van der Waals surface area contributed by atoms with E-state index in [1.165, 1.54) is 231 Å². The van der Waals surface area contributed by atoms with Crippen LogP contribution in [0.5, 0.6) is 0 Å². The van der Waals surface area contributed by atoms with Gasteiger partial charge in [-0.3, -0.25) is 4.79 Å². The van der Waals surface area contributed by atoms with Crippen molar-refractivity contribution in [3.63, 3.8) is 0 Å². The topological polar surface area (TPSA) is 89.8 Å². The molecule has 0 radical (unpaired) electrons. The van der Waals surface area contributed by atoms with E-state index in [0.29, 0.717) is 6.42 Å². The highest BCUT2D eigenvalue weighted by Gasteiger charge is 2.20. The minimum absolute atomic E-state index is 0.00158. The SMILES string of the molecule is CCCCCCCCCCCCCC/C=C\CCCCCCCCCCCCC(O)CC(=O)NC(CO)C(O)/C=C/CC/C=C/CC/C=C/CCCCCCCCCCCCCCC. The molecule has 5 nitrogen and oxygen atoms in total. The molecule has 64 heavy (non-hydrogen) atoms. The summed E-state index contributed by atoms with van der Waals surface area (Å²) in [7, 11) is 0. The average molecular weight is 899 g/mol. The van der Waals surface area contributed by atoms with Gasteiger partial charge >= 0.3 is 0 Å². The first-order chi connectivity index (χ1) is 31.5. The van der Waals surface area contributed by atoms with Crippen molar-refractivity contribution in [2.45, 2.75) is 315 Å². The standard InChI is InChI=1S/C59H111NO4/c1-3-5-7-9-11-13-15-17-19-21-23-25-27-28-29-31-32-34-36-38-40-42-44-46-48-50-52-56(62)54-59(64)60-57(55-61)58(63)53-51-49-47-45-43-41-39-37-35-33-30-26-24-22-20-18-16-14-12-10-8-6-4-2/h28-29,35,37,43,45,51,53,56-58,61-63H,3-27,30-34,36,38-42,44,46-50,52,54-55H2,1-2H3,(H,60,64)/b29-28-,37-35+,45-43+,53-51+. The van der Waals surface area contributed by atoms with Crippen molar-refractivity contribution in [3.8, 4) is 0 Å². The van der Waals surface area contributed by atoms with Gasteiger partial charge in [0.2, 0.25) is 5.91 Å². The largest absolute Gasteiger partial charge is 0.394 e. The van der Waals surface area contributed by atoms with Crippen molar-refractivity contribution in [1.82, 2.24) is 5.32 Å². The first-order valence-electron chi connectivity index (χ1n) is 28.4. The third kappa shape index (κ3) is 49.7. The van der Waals surface area contributed by atoms with E-state index in [-0.39, 0.29) is 18.9 Å². The molecule has 3 unspecified atom stereocenters. The Hall–Kier alpha value is -1.69. The summed E-state index contributed by atoms with van der Waals surface area (Å²) in [5.41, 5.74) is 0. The van der Waals surface area contributed by atoms with Gasteiger partial charge in [0.05, 0.1) is 31.3 Å². The Morgan fingerprint density at radius 2 is 0.672 bits per heavy atom. The average Bonchev–Trinajstić information content (AvgIpc) is 3.29. The quantitative estimate of drug-likeness (QED) is 0.0362. The summed E-state index contributed by atoms with van der Waals surface area (Å²) in [5, 5.41) is 33.4. The molecule has 0 aromatic rings. The zero-order chi connectivity index (χ0) is 46.5. The Bertz CT molecular complexity index is 1040. The molecule has 0 heterocycles. The third-order valence-corrected chi connectivity index (χ3v) is 13.1. The molecule has 0 aliphatic carbocycles. The van der Waals surface area contributed by atoms with Crippen LogP contribution in [-0.2, 0) is 4.79 Å². The minimum atomic E-state index is -0.962. The molecule has 0 aliphatic heterocycles. The molecule has 0 fully saturated rings. The fraction of sp³-hybridized carbons (Fsp3) is 0.847. The van der Waals surface area contributed by atoms with Crippen molar-refractivity contribution in [1.29, 1.82) is 0 Å². The lowest BCUT2D eigenvalue weighted by molar-refractivity contribution is -0.124. The lowest BCUT2D eigenvalue weighted by atomic mass is 10.0. The number of hydrogen-bond donors (Lipinski definition) is 4. The smallest absolute Gasteiger partial charge is 0.222 e. The van der Waals surface area contributed by atoms with Gasteiger partial charge < -0.3 is 20.6 Å². The zero-order valence-electron chi connectivity index (χ0n) is 42.9. The van der Waals surface area contributed by atoms with E-state index in [9.17, 15) is 20.1 Å². The summed E-state index contributed by atoms with van der Waals surface area (Å²) in [6.07, 6.45) is 71.6. The molecule has 0 aromatic heterocycles. The molecule has 4 N–H and O–H groups in total. The van der Waals surface area contributed by atoms with E-state index in [1.54, 1.807) is 6.08 Å². The van der Waals surface area contributed by atoms with Crippen LogP contribution in [0.25, 0.3) is 0 Å². The van der Waals surface area contributed by atoms with Crippen molar-refractivity contribution in [2.75, 3.05) is 6.61 Å². The first-order valence-corrected chi connectivity index (χ1v) is 28.4. The van der Waals surface area contributed by atoms with E-state index in [0.717, 1.165) is 38.5 Å². The van der Waals surface area contributed by atoms with Crippen LogP contribution in [0.15, 0.2) is 48.6 Å². The van der Waals surface area contributed by atoms with E-state index in [1.807, 2.05) is 6.08 Å². The fourth-order valence-electron chi connectivity index (χ4n) is 8.72. The summed E-state index contributed by atoms with van der Waals surface area (Å²) in [6, 6.07) is -0.770. The summed E-state index contributed by atoms with van der Waals surface area (Å²) < 4.78 is 0. The maximum atomic E-state index is 12.5. The Morgan fingerprint density at radius 1 is 0.391 bits per heavy atom. The van der Waals surface area contributed by atoms with Gasteiger partial charge in [0.25, 0.3) is 0 Å². The molecule has 0 saturated carbocycles. The summed E-state index contributed by atoms with van der Waals surface area (Å²) in [4.78, 5) is 12.5. The molecule has 1 amide bonds. The van der Waals surface area contributed by atoms with E-state index < -0.39 is 18.2 Å². The number of hydrogen-bond acceptors (Lipinski definition) is 4. The van der Waals surface area contributed by atoms with Crippen molar-refractivity contribution < 1.29 is 20.1 Å². The van der Waals surface area contributed by atoms with E-state index >= 15 is 0 Å². The van der Waals surface area contributed by atoms with Crippen molar-refractivity contribution in [3.05, 3.63) is 48.6 Å². The van der Waals surface area contributed by atoms with Crippen LogP contribution in [0, 0.1) is 0 Å². The molecule has 0 bridgehead atoms. The highest BCUT2D eigenvalue weighted by Crippen LogP contribution is 2.17. The van der Waals surface area contributed by atoms with E-state index in [4.69, 9.17) is 0 Å². The number of unbranched alkanes of at least 4 members (excludes halogenated alkanes) is 37. The van der Waals surface area contributed by atoms with Crippen LogP contribution in [-0.4, -0.2) is 46.1 Å². The third-order valence-electron chi connectivity index (χ3n) is 13.1. The van der Waals surface area contributed by atoms with Crippen LogP contribution in [0.3, 0.4) is 0 Å². The fourth-order valence-corrected chi connectivity index (χ4v) is 8.72. The second kappa shape index (κ2) is 53.9. The number of allylic oxidation sites excluding steroid dienone is 7. The number of aliphatic hydroxyl groups excluding tert-OH is 3. The molecular weight excluding hydrogens is 787 g/mol. The van der Waals surface area contributed by atoms with Gasteiger partial charge in [0, 0.05) is 0 Å². The van der Waals surface area contributed by atoms with Gasteiger partial charge in [0.1, 0.15) is 0 Å². The Kier molecular flexibility index (Phi) is 52.5. The minimum Gasteiger partial charge on any atom is -0.394 e. The zero-order valence-corrected chi connectivity index (χ0v) is 42.9. The van der Waals surface area contributed by atoms with Crippen LogP contribution in [0.2, 0.25) is 0 Å². The Labute approximate surface area is 399 Å². The van der Waals surface area contributed by atoms with Gasteiger partial charge in [-0.05, 0) is 70.6 Å². The van der Waals surface area contributed by atoms with Gasteiger partial charge in [-0.15, -0.1) is 0 Å². The Balaban J connectivity index is 3.63. The summed E-state index contributed by atoms with van der Waals surface area (Å²) in [5.74, 6) is -0.328. The highest BCUT2D eigenvalue weighted by molar-refractivity contribution is 5.76. The summed E-state index contributed by atoms with van der Waals surface area (Å²) in [6.45, 7) is 4.23. The van der Waals surface area contributed by atoms with Crippen LogP contribution >= 0.6 is 0 Å². The Morgan fingerprint density at radius 3 is 1.00 bits per heavy atom. The molecule has 5 heteroatoms. The van der Waals surface area contributed by atoms with Crippen LogP contribution < -0.4 is 5.32 Å². The van der Waals surface area contributed by atoms with Gasteiger partial charge in [-0.1, -0.05) is 268 Å². The second-order valence-electron chi connectivity index (χ2n) is 19.5. The molecule has 376 valence electrons. The molecule has 0 aromatic carbocycles. The molecule has 0 spiro atoms. The van der Waals surface area contributed by atoms with Crippen molar-refractivity contribution in [2.24, 2.45) is 0 Å². The monoisotopic (exact) mass is 898 g/mol. The molecule has 0 rings (SSSR count). The highest BCUT2D eigenvalue weighted by atomic mass is 16.3. The van der Waals surface area contributed by atoms with Gasteiger partial charge in [-0.2, -0.15) is 0 Å². The maximum Gasteiger partial charge on any atom is 0.222 e. The molecular formula is C59H111NO4. The number of nitrogens with one attached hydrogen (secondary N) is 1. The number of carbonyl (C=O) groups is 1.